The van der Waals surface area contributed by atoms with Gasteiger partial charge in [0, 0.05) is 43.2 Å². The zero-order valence-corrected chi connectivity index (χ0v) is 13.8. The van der Waals surface area contributed by atoms with Gasteiger partial charge in [0.15, 0.2) is 0 Å². The number of rotatable bonds is 3. The fourth-order valence-electron chi connectivity index (χ4n) is 3.80. The number of hydrogen-bond acceptors (Lipinski definition) is 5. The molecule has 25 heavy (non-hydrogen) atoms. The highest BCUT2D eigenvalue weighted by Gasteiger charge is 2.31. The normalized spacial score (nSPS) is 20.2. The van der Waals surface area contributed by atoms with Crippen molar-refractivity contribution in [2.75, 3.05) is 18.0 Å². The molecule has 130 valence electrons. The van der Waals surface area contributed by atoms with E-state index in [-0.39, 0.29) is 35.4 Å². The van der Waals surface area contributed by atoms with E-state index < -0.39 is 5.82 Å². The average Bonchev–Trinajstić information content (AvgIpc) is 3.34. The Labute approximate surface area is 144 Å². The van der Waals surface area contributed by atoms with E-state index in [1.807, 2.05) is 4.90 Å². The summed E-state index contributed by atoms with van der Waals surface area (Å²) in [7, 11) is 0. The number of hydrogen-bond donors (Lipinski definition) is 2. The first-order valence-corrected chi connectivity index (χ1v) is 8.56. The van der Waals surface area contributed by atoms with Crippen molar-refractivity contribution in [3.63, 3.8) is 0 Å². The van der Waals surface area contributed by atoms with Crippen molar-refractivity contribution in [2.45, 2.75) is 37.9 Å². The summed E-state index contributed by atoms with van der Waals surface area (Å²) >= 11 is 0. The molecule has 6 nitrogen and oxygen atoms in total. The molecule has 1 saturated carbocycles. The van der Waals surface area contributed by atoms with Gasteiger partial charge in [-0.15, -0.1) is 0 Å². The van der Waals surface area contributed by atoms with Gasteiger partial charge in [-0.2, -0.15) is 5.26 Å². The lowest BCUT2D eigenvalue weighted by molar-refractivity contribution is 0.622. The predicted molar refractivity (Wildman–Crippen MR) is 93.8 cm³/mol. The average molecular weight is 341 g/mol. The molecular formula is C18H20FN5O. The number of benzene rings is 1. The highest BCUT2D eigenvalue weighted by molar-refractivity contribution is 5.93. The van der Waals surface area contributed by atoms with Crippen LogP contribution in [0.1, 0.15) is 36.4 Å². The SMILES string of the molecule is N#Cc1c(N2CC[C@H](N)C2)c(F)cc2c(CN)cc(=O)n(C3CC3)c12. The fraction of sp³-hybridized carbons (Fsp3) is 0.444. The van der Waals surface area contributed by atoms with Crippen molar-refractivity contribution < 1.29 is 4.39 Å². The van der Waals surface area contributed by atoms with Crippen LogP contribution in [0.15, 0.2) is 16.9 Å². The Bertz CT molecular complexity index is 957. The monoisotopic (exact) mass is 341 g/mol. The summed E-state index contributed by atoms with van der Waals surface area (Å²) in [5.41, 5.74) is 13.1. The van der Waals surface area contributed by atoms with E-state index in [0.717, 1.165) is 19.3 Å². The van der Waals surface area contributed by atoms with Crippen LogP contribution in [0.2, 0.25) is 0 Å². The van der Waals surface area contributed by atoms with E-state index in [1.54, 1.807) is 4.57 Å². The molecule has 7 heteroatoms. The molecular weight excluding hydrogens is 321 g/mol. The summed E-state index contributed by atoms with van der Waals surface area (Å²) in [4.78, 5) is 14.4. The van der Waals surface area contributed by atoms with Gasteiger partial charge in [0.05, 0.1) is 11.2 Å². The lowest BCUT2D eigenvalue weighted by atomic mass is 10.0. The van der Waals surface area contributed by atoms with Gasteiger partial charge in [-0.1, -0.05) is 0 Å². The summed E-state index contributed by atoms with van der Waals surface area (Å²) in [6.45, 7) is 1.22. The fourth-order valence-corrected chi connectivity index (χ4v) is 3.80. The standard InChI is InChI=1S/C18H20FN5O/c19-15-6-13-10(7-20)5-16(25)24(12-1-2-12)17(13)14(8-21)18(15)23-4-3-11(22)9-23/h5-6,11-12H,1-4,7,9,20,22H2/t11-/m0/s1. The van der Waals surface area contributed by atoms with Crippen LogP contribution in [0, 0.1) is 17.1 Å². The third-order valence-electron chi connectivity index (χ3n) is 5.13. The van der Waals surface area contributed by atoms with Crippen LogP contribution in [-0.4, -0.2) is 23.7 Å². The second-order valence-electron chi connectivity index (χ2n) is 6.90. The summed E-state index contributed by atoms with van der Waals surface area (Å²) < 4.78 is 16.6. The molecule has 2 aliphatic rings. The van der Waals surface area contributed by atoms with E-state index in [4.69, 9.17) is 11.5 Å². The van der Waals surface area contributed by atoms with Crippen molar-refractivity contribution in [3.05, 3.63) is 39.4 Å². The molecule has 1 aromatic heterocycles. The number of nitrogens with two attached hydrogens (primary N) is 2. The number of fused-ring (bicyclic) bond motifs is 1. The van der Waals surface area contributed by atoms with Crippen molar-refractivity contribution >= 4 is 16.6 Å². The quantitative estimate of drug-likeness (QED) is 0.877. The van der Waals surface area contributed by atoms with Gasteiger partial charge < -0.3 is 20.9 Å². The summed E-state index contributed by atoms with van der Waals surface area (Å²) in [6, 6.07) is 5.06. The molecule has 2 aromatic rings. The maximum atomic E-state index is 14.9. The zero-order chi connectivity index (χ0) is 17.7. The van der Waals surface area contributed by atoms with Gasteiger partial charge in [0.2, 0.25) is 0 Å². The number of nitrogens with zero attached hydrogens (tertiary/aromatic N) is 3. The Hall–Kier alpha value is -2.43. The van der Waals surface area contributed by atoms with Gasteiger partial charge in [0.1, 0.15) is 17.4 Å². The lowest BCUT2D eigenvalue weighted by Gasteiger charge is -2.23. The van der Waals surface area contributed by atoms with Crippen LogP contribution >= 0.6 is 0 Å². The molecule has 2 fully saturated rings. The molecule has 4 N–H and O–H groups in total. The maximum Gasteiger partial charge on any atom is 0.251 e. The second-order valence-corrected chi connectivity index (χ2v) is 6.90. The largest absolute Gasteiger partial charge is 0.366 e. The first-order chi connectivity index (χ1) is 12.0. The third kappa shape index (κ3) is 2.49. The number of pyridine rings is 1. The second kappa shape index (κ2) is 5.83. The van der Waals surface area contributed by atoms with Crippen molar-refractivity contribution in [3.8, 4) is 6.07 Å². The summed E-state index contributed by atoms with van der Waals surface area (Å²) in [6.07, 6.45) is 2.53. The van der Waals surface area contributed by atoms with Gasteiger partial charge in [-0.3, -0.25) is 4.79 Å². The Morgan fingerprint density at radius 3 is 2.64 bits per heavy atom. The van der Waals surface area contributed by atoms with Gasteiger partial charge in [0.25, 0.3) is 5.56 Å². The zero-order valence-electron chi connectivity index (χ0n) is 13.8. The Morgan fingerprint density at radius 1 is 1.32 bits per heavy atom. The predicted octanol–water partition coefficient (Wildman–Crippen LogP) is 1.34. The molecule has 0 radical (unpaired) electrons. The first kappa shape index (κ1) is 16.1. The molecule has 1 aliphatic carbocycles. The van der Waals surface area contributed by atoms with Crippen LogP contribution < -0.4 is 21.9 Å². The minimum absolute atomic E-state index is 0.0392. The minimum atomic E-state index is -0.464. The van der Waals surface area contributed by atoms with Crippen LogP contribution in [0.3, 0.4) is 0 Å². The molecule has 1 atom stereocenters. The van der Waals surface area contributed by atoms with E-state index in [9.17, 15) is 14.4 Å². The highest BCUT2D eigenvalue weighted by atomic mass is 19.1. The smallest absolute Gasteiger partial charge is 0.251 e. The Balaban J connectivity index is 2.08. The van der Waals surface area contributed by atoms with E-state index in [2.05, 4.69) is 6.07 Å². The van der Waals surface area contributed by atoms with Crippen LogP contribution in [0.4, 0.5) is 10.1 Å². The molecule has 0 bridgehead atoms. The molecule has 4 rings (SSSR count). The number of nitriles is 1. The van der Waals surface area contributed by atoms with E-state index in [1.165, 1.54) is 12.1 Å². The van der Waals surface area contributed by atoms with Gasteiger partial charge in [-0.05, 0) is 30.9 Å². The van der Waals surface area contributed by atoms with Crippen LogP contribution in [0.5, 0.6) is 0 Å². The first-order valence-electron chi connectivity index (χ1n) is 8.56. The Morgan fingerprint density at radius 2 is 2.08 bits per heavy atom. The molecule has 2 heterocycles. The molecule has 1 saturated heterocycles. The topological polar surface area (TPSA) is 101 Å². The van der Waals surface area contributed by atoms with Crippen molar-refractivity contribution in [1.82, 2.24) is 4.57 Å². The summed E-state index contributed by atoms with van der Waals surface area (Å²) in [5.74, 6) is -0.464. The maximum absolute atomic E-state index is 14.9. The van der Waals surface area contributed by atoms with Crippen LogP contribution in [-0.2, 0) is 6.54 Å². The van der Waals surface area contributed by atoms with Gasteiger partial charge >= 0.3 is 0 Å². The van der Waals surface area contributed by atoms with E-state index in [0.29, 0.717) is 29.6 Å². The highest BCUT2D eigenvalue weighted by Crippen LogP contribution is 2.40. The lowest BCUT2D eigenvalue weighted by Crippen LogP contribution is -2.28. The number of aromatic nitrogens is 1. The van der Waals surface area contributed by atoms with Crippen molar-refractivity contribution in [2.24, 2.45) is 11.5 Å². The third-order valence-corrected chi connectivity index (χ3v) is 5.13. The van der Waals surface area contributed by atoms with Gasteiger partial charge in [-0.25, -0.2) is 4.39 Å². The molecule has 0 unspecified atom stereocenters. The van der Waals surface area contributed by atoms with Crippen LogP contribution in [0.25, 0.3) is 10.9 Å². The molecule has 1 aromatic carbocycles. The summed E-state index contributed by atoms with van der Waals surface area (Å²) in [5, 5.41) is 10.4. The molecule has 0 amide bonds. The Kier molecular flexibility index (Phi) is 3.74. The molecule has 0 spiro atoms. The number of anilines is 1. The van der Waals surface area contributed by atoms with Crippen molar-refractivity contribution in [1.29, 1.82) is 5.26 Å². The molecule has 1 aliphatic heterocycles. The van der Waals surface area contributed by atoms with E-state index >= 15 is 0 Å². The minimum Gasteiger partial charge on any atom is -0.366 e. The number of halogens is 1.